The fourth-order valence-corrected chi connectivity index (χ4v) is 4.51. The number of thiophene rings is 1. The summed E-state index contributed by atoms with van der Waals surface area (Å²) >= 11 is 3.20. The lowest BCUT2D eigenvalue weighted by molar-refractivity contribution is -0.141. The number of carboxylic acid groups (broad SMARTS) is 1. The second kappa shape index (κ2) is 7.17. The average molecular weight is 328 g/mol. The first-order chi connectivity index (χ1) is 10.0. The zero-order valence-corrected chi connectivity index (χ0v) is 13.7. The molecule has 0 aliphatic carbocycles. The fraction of sp³-hybridized carbons (Fsp3) is 0.571. The number of carbonyl (C=O) groups is 2. The molecule has 1 fully saturated rings. The standard InChI is InChI=1S/C14H20N2O3S2/c1-9(2)12-16(11(8-21-12)13(17)18)14(19)15-6-5-10-4-3-7-20-10/h3-4,7,9,11-12H,5-6,8H2,1-2H3,(H,15,19)(H,17,18). The molecule has 0 radical (unpaired) electrons. The van der Waals surface area contributed by atoms with E-state index in [1.54, 1.807) is 23.1 Å². The van der Waals surface area contributed by atoms with E-state index in [0.717, 1.165) is 6.42 Å². The van der Waals surface area contributed by atoms with E-state index in [2.05, 4.69) is 5.32 Å². The Morgan fingerprint density at radius 2 is 2.29 bits per heavy atom. The number of nitrogens with one attached hydrogen (secondary N) is 1. The Morgan fingerprint density at radius 3 is 2.86 bits per heavy atom. The van der Waals surface area contributed by atoms with Gasteiger partial charge in [-0.15, -0.1) is 23.1 Å². The summed E-state index contributed by atoms with van der Waals surface area (Å²) < 4.78 is 0. The van der Waals surface area contributed by atoms with Crippen LogP contribution in [0.5, 0.6) is 0 Å². The van der Waals surface area contributed by atoms with Gasteiger partial charge in [0.15, 0.2) is 0 Å². The molecule has 1 aliphatic heterocycles. The van der Waals surface area contributed by atoms with Crippen LogP contribution in [0.3, 0.4) is 0 Å². The van der Waals surface area contributed by atoms with Gasteiger partial charge in [-0.1, -0.05) is 19.9 Å². The number of nitrogens with zero attached hydrogens (tertiary/aromatic N) is 1. The summed E-state index contributed by atoms with van der Waals surface area (Å²) in [5.74, 6) is -0.252. The monoisotopic (exact) mass is 328 g/mol. The maximum Gasteiger partial charge on any atom is 0.327 e. The predicted octanol–water partition coefficient (Wildman–Crippen LogP) is 2.48. The summed E-state index contributed by atoms with van der Waals surface area (Å²) in [6.45, 7) is 4.54. The number of hydrogen-bond acceptors (Lipinski definition) is 4. The molecular formula is C14H20N2O3S2. The third kappa shape index (κ3) is 3.91. The van der Waals surface area contributed by atoms with E-state index in [4.69, 9.17) is 0 Å². The van der Waals surface area contributed by atoms with Crippen LogP contribution in [0.4, 0.5) is 4.79 Å². The second-order valence-corrected chi connectivity index (χ2v) is 7.47. The van der Waals surface area contributed by atoms with E-state index < -0.39 is 12.0 Å². The van der Waals surface area contributed by atoms with E-state index in [9.17, 15) is 14.7 Å². The zero-order valence-electron chi connectivity index (χ0n) is 12.1. The van der Waals surface area contributed by atoms with Crippen LogP contribution in [0.15, 0.2) is 17.5 Å². The zero-order chi connectivity index (χ0) is 15.4. The van der Waals surface area contributed by atoms with E-state index in [-0.39, 0.29) is 17.3 Å². The van der Waals surface area contributed by atoms with Crippen molar-refractivity contribution in [2.45, 2.75) is 31.7 Å². The van der Waals surface area contributed by atoms with Crippen molar-refractivity contribution in [2.75, 3.05) is 12.3 Å². The van der Waals surface area contributed by atoms with Crippen molar-refractivity contribution in [2.24, 2.45) is 5.92 Å². The fourth-order valence-electron chi connectivity index (χ4n) is 2.33. The lowest BCUT2D eigenvalue weighted by Gasteiger charge is -2.29. The van der Waals surface area contributed by atoms with E-state index in [1.165, 1.54) is 9.78 Å². The molecule has 5 nitrogen and oxygen atoms in total. The molecule has 2 amide bonds. The van der Waals surface area contributed by atoms with E-state index in [0.29, 0.717) is 12.3 Å². The molecule has 2 atom stereocenters. The van der Waals surface area contributed by atoms with Gasteiger partial charge >= 0.3 is 12.0 Å². The van der Waals surface area contributed by atoms with Crippen LogP contribution in [0.25, 0.3) is 0 Å². The minimum Gasteiger partial charge on any atom is -0.480 e. The van der Waals surface area contributed by atoms with Gasteiger partial charge in [-0.05, 0) is 23.8 Å². The van der Waals surface area contributed by atoms with Gasteiger partial charge in [-0.3, -0.25) is 4.90 Å². The average Bonchev–Trinajstić information content (AvgIpc) is 3.07. The molecule has 1 aliphatic rings. The number of thioether (sulfide) groups is 1. The van der Waals surface area contributed by atoms with Gasteiger partial charge < -0.3 is 10.4 Å². The smallest absolute Gasteiger partial charge is 0.327 e. The molecule has 2 heterocycles. The Balaban J connectivity index is 1.94. The predicted molar refractivity (Wildman–Crippen MR) is 85.8 cm³/mol. The summed E-state index contributed by atoms with van der Waals surface area (Å²) in [6.07, 6.45) is 0.772. The molecule has 21 heavy (non-hydrogen) atoms. The molecular weight excluding hydrogens is 308 g/mol. The van der Waals surface area contributed by atoms with Crippen molar-refractivity contribution < 1.29 is 14.7 Å². The van der Waals surface area contributed by atoms with Crippen LogP contribution < -0.4 is 5.32 Å². The van der Waals surface area contributed by atoms with Crippen LogP contribution >= 0.6 is 23.1 Å². The minimum atomic E-state index is -0.931. The number of carboxylic acids is 1. The van der Waals surface area contributed by atoms with Crippen molar-refractivity contribution in [3.8, 4) is 0 Å². The Hall–Kier alpha value is -1.21. The van der Waals surface area contributed by atoms with Crippen molar-refractivity contribution in [1.82, 2.24) is 10.2 Å². The lowest BCUT2D eigenvalue weighted by Crippen LogP contribution is -2.51. The third-order valence-corrected chi connectivity index (χ3v) is 5.91. The highest BCUT2D eigenvalue weighted by atomic mass is 32.2. The van der Waals surface area contributed by atoms with Crippen LogP contribution in [0.1, 0.15) is 18.7 Å². The summed E-state index contributed by atoms with van der Waals surface area (Å²) in [4.78, 5) is 26.4. The van der Waals surface area contributed by atoms with Crippen LogP contribution in [0, 0.1) is 5.92 Å². The first kappa shape index (κ1) is 16.2. The highest BCUT2D eigenvalue weighted by Gasteiger charge is 2.42. The molecule has 7 heteroatoms. The molecule has 2 N–H and O–H groups in total. The van der Waals surface area contributed by atoms with Crippen molar-refractivity contribution in [3.05, 3.63) is 22.4 Å². The van der Waals surface area contributed by atoms with Crippen molar-refractivity contribution in [1.29, 1.82) is 0 Å². The second-order valence-electron chi connectivity index (χ2n) is 5.29. The molecule has 0 bridgehead atoms. The van der Waals surface area contributed by atoms with E-state index in [1.807, 2.05) is 31.4 Å². The maximum absolute atomic E-state index is 12.3. The Labute approximate surface area is 132 Å². The topological polar surface area (TPSA) is 69.6 Å². The molecule has 116 valence electrons. The molecule has 0 aromatic carbocycles. The minimum absolute atomic E-state index is 0.0761. The largest absolute Gasteiger partial charge is 0.480 e. The number of carbonyl (C=O) groups excluding carboxylic acids is 1. The van der Waals surface area contributed by atoms with Crippen molar-refractivity contribution >= 4 is 35.1 Å². The molecule has 1 saturated heterocycles. The maximum atomic E-state index is 12.3. The molecule has 2 unspecified atom stereocenters. The van der Waals surface area contributed by atoms with E-state index >= 15 is 0 Å². The van der Waals surface area contributed by atoms with Gasteiger partial charge in [-0.25, -0.2) is 9.59 Å². The first-order valence-corrected chi connectivity index (χ1v) is 8.86. The third-order valence-electron chi connectivity index (χ3n) is 3.35. The first-order valence-electron chi connectivity index (χ1n) is 6.93. The highest BCUT2D eigenvalue weighted by molar-refractivity contribution is 8.00. The summed E-state index contributed by atoms with van der Waals surface area (Å²) in [5, 5.41) is 14.1. The highest BCUT2D eigenvalue weighted by Crippen LogP contribution is 2.33. The summed E-state index contributed by atoms with van der Waals surface area (Å²) in [7, 11) is 0. The molecule has 1 aromatic heterocycles. The molecule has 0 saturated carbocycles. The number of aliphatic carboxylic acids is 1. The van der Waals surface area contributed by atoms with Crippen LogP contribution in [-0.2, 0) is 11.2 Å². The van der Waals surface area contributed by atoms with Gasteiger partial charge in [0.1, 0.15) is 6.04 Å². The molecule has 2 rings (SSSR count). The van der Waals surface area contributed by atoms with Gasteiger partial charge in [0.25, 0.3) is 0 Å². The Bertz CT molecular complexity index is 490. The molecule has 0 spiro atoms. The van der Waals surface area contributed by atoms with Crippen LogP contribution in [0.2, 0.25) is 0 Å². The van der Waals surface area contributed by atoms with Gasteiger partial charge in [0.05, 0.1) is 5.37 Å². The quantitative estimate of drug-likeness (QED) is 0.871. The number of rotatable bonds is 5. The van der Waals surface area contributed by atoms with Gasteiger partial charge in [0.2, 0.25) is 0 Å². The normalized spacial score (nSPS) is 21.8. The number of hydrogen-bond donors (Lipinski definition) is 2. The van der Waals surface area contributed by atoms with Gasteiger partial charge in [0, 0.05) is 17.2 Å². The Kier molecular flexibility index (Phi) is 5.52. The summed E-state index contributed by atoms with van der Waals surface area (Å²) in [6, 6.07) is 3.00. The Morgan fingerprint density at radius 1 is 1.52 bits per heavy atom. The molecule has 1 aromatic rings. The van der Waals surface area contributed by atoms with Gasteiger partial charge in [-0.2, -0.15) is 0 Å². The SMILES string of the molecule is CC(C)C1SCC(C(=O)O)N1C(=O)NCCc1cccs1. The number of amides is 2. The lowest BCUT2D eigenvalue weighted by atomic mass is 10.2. The number of urea groups is 1. The summed E-state index contributed by atoms with van der Waals surface area (Å²) in [5.41, 5.74) is 0. The van der Waals surface area contributed by atoms with Crippen LogP contribution in [-0.4, -0.2) is 45.7 Å². The van der Waals surface area contributed by atoms with Crippen molar-refractivity contribution in [3.63, 3.8) is 0 Å².